The average molecular weight is 251 g/mol. The molecule has 0 fully saturated rings. The highest BCUT2D eigenvalue weighted by molar-refractivity contribution is 5.86. The van der Waals surface area contributed by atoms with Crippen molar-refractivity contribution in [3.05, 3.63) is 42.0 Å². The summed E-state index contributed by atoms with van der Waals surface area (Å²) in [5.41, 5.74) is 6.55. The third-order valence-electron chi connectivity index (χ3n) is 2.80. The highest BCUT2D eigenvalue weighted by Crippen LogP contribution is 2.33. The van der Waals surface area contributed by atoms with E-state index in [1.807, 2.05) is 0 Å². The van der Waals surface area contributed by atoms with Crippen LogP contribution in [0.25, 0.3) is 16.7 Å². The summed E-state index contributed by atoms with van der Waals surface area (Å²) >= 11 is 0. The molecule has 1 heterocycles. The van der Waals surface area contributed by atoms with Crippen LogP contribution in [0.15, 0.2) is 36.4 Å². The number of hydrogen-bond acceptors (Lipinski definition) is 2. The molecule has 18 heavy (non-hydrogen) atoms. The van der Waals surface area contributed by atoms with Crippen LogP contribution in [-0.4, -0.2) is 9.55 Å². The predicted octanol–water partition coefficient (Wildman–Crippen LogP) is 3.05. The molecule has 6 heteroatoms. The molecular weight excluding hydrogens is 243 g/mol. The molecule has 0 radical (unpaired) electrons. The largest absolute Gasteiger partial charge is 0.416 e. The van der Waals surface area contributed by atoms with Crippen LogP contribution in [0.2, 0.25) is 0 Å². The first-order valence-corrected chi connectivity index (χ1v) is 5.21. The summed E-state index contributed by atoms with van der Waals surface area (Å²) in [6, 6.07) is 3.39. The molecule has 0 spiro atoms. The molecule has 1 aliphatic carbocycles. The first-order valence-electron chi connectivity index (χ1n) is 5.21. The Morgan fingerprint density at radius 1 is 1.22 bits per heavy atom. The molecule has 0 bridgehead atoms. The highest BCUT2D eigenvalue weighted by atomic mass is 19.4. The van der Waals surface area contributed by atoms with Crippen molar-refractivity contribution >= 4 is 22.7 Å². The van der Waals surface area contributed by atoms with Crippen molar-refractivity contribution < 1.29 is 13.2 Å². The van der Waals surface area contributed by atoms with Crippen LogP contribution in [0.1, 0.15) is 5.56 Å². The van der Waals surface area contributed by atoms with Gasteiger partial charge in [-0.2, -0.15) is 13.2 Å². The van der Waals surface area contributed by atoms with E-state index in [9.17, 15) is 13.2 Å². The van der Waals surface area contributed by atoms with Gasteiger partial charge in [-0.3, -0.25) is 4.57 Å². The van der Waals surface area contributed by atoms with Gasteiger partial charge in [-0.05, 0) is 30.4 Å². The van der Waals surface area contributed by atoms with E-state index in [4.69, 9.17) is 5.73 Å². The summed E-state index contributed by atoms with van der Waals surface area (Å²) in [5, 5.41) is 0. The molecule has 0 atom stereocenters. The fourth-order valence-corrected chi connectivity index (χ4v) is 1.87. The molecule has 0 saturated heterocycles. The number of nitrogens with two attached hydrogens (primary N) is 1. The smallest absolute Gasteiger partial charge is 0.369 e. The summed E-state index contributed by atoms with van der Waals surface area (Å²) in [7, 11) is 0. The maximum Gasteiger partial charge on any atom is 0.416 e. The Morgan fingerprint density at radius 3 is 2.50 bits per heavy atom. The maximum atomic E-state index is 12.7. The maximum absolute atomic E-state index is 12.7. The molecule has 1 aromatic heterocycles. The minimum atomic E-state index is -4.37. The minimum absolute atomic E-state index is 0.180. The van der Waals surface area contributed by atoms with E-state index in [0.29, 0.717) is 11.0 Å². The normalized spacial score (nSPS) is 14.7. The van der Waals surface area contributed by atoms with Gasteiger partial charge < -0.3 is 5.73 Å². The number of imidazole rings is 1. The van der Waals surface area contributed by atoms with E-state index in [1.54, 1.807) is 18.2 Å². The van der Waals surface area contributed by atoms with Crippen molar-refractivity contribution in [2.75, 3.05) is 5.73 Å². The van der Waals surface area contributed by atoms with Crippen molar-refractivity contribution in [1.29, 1.82) is 0 Å². The van der Waals surface area contributed by atoms with Gasteiger partial charge in [-0.15, -0.1) is 0 Å². The molecule has 92 valence electrons. The van der Waals surface area contributed by atoms with Gasteiger partial charge in [-0.25, -0.2) is 4.98 Å². The number of allylic oxidation sites excluding steroid dienone is 4. The molecule has 0 saturated carbocycles. The summed E-state index contributed by atoms with van der Waals surface area (Å²) in [6.07, 6.45) is 0.936. The first kappa shape index (κ1) is 10.9. The zero-order valence-electron chi connectivity index (χ0n) is 9.07. The van der Waals surface area contributed by atoms with Gasteiger partial charge in [0.1, 0.15) is 0 Å². The predicted molar refractivity (Wildman–Crippen MR) is 62.6 cm³/mol. The lowest BCUT2D eigenvalue weighted by atomic mass is 10.1. The fraction of sp³-hybridized carbons (Fsp3) is 0.0833. The SMILES string of the molecule is Nc1nc2ccc(C(F)(F)F)cc2n1C1=CC=C1. The van der Waals surface area contributed by atoms with Gasteiger partial charge >= 0.3 is 6.18 Å². The molecule has 1 aromatic carbocycles. The van der Waals surface area contributed by atoms with Crippen LogP contribution < -0.4 is 5.73 Å². The Kier molecular flexibility index (Phi) is 2.04. The van der Waals surface area contributed by atoms with Gasteiger partial charge in [0, 0.05) is 5.70 Å². The number of nitrogen functional groups attached to an aromatic ring is 1. The lowest BCUT2D eigenvalue weighted by molar-refractivity contribution is -0.137. The number of nitrogens with zero attached hydrogens (tertiary/aromatic N) is 2. The van der Waals surface area contributed by atoms with Crippen molar-refractivity contribution in [1.82, 2.24) is 9.55 Å². The van der Waals surface area contributed by atoms with E-state index >= 15 is 0 Å². The van der Waals surface area contributed by atoms with E-state index in [0.717, 1.165) is 17.8 Å². The summed E-state index contributed by atoms with van der Waals surface area (Å²) in [5.74, 6) is 0.180. The molecule has 0 amide bonds. The number of fused-ring (bicyclic) bond motifs is 1. The van der Waals surface area contributed by atoms with E-state index in [2.05, 4.69) is 4.98 Å². The van der Waals surface area contributed by atoms with E-state index < -0.39 is 11.7 Å². The Labute approximate surface area is 100 Å². The highest BCUT2D eigenvalue weighted by Gasteiger charge is 2.31. The quantitative estimate of drug-likeness (QED) is 0.846. The summed E-state index contributed by atoms with van der Waals surface area (Å²) < 4.78 is 39.5. The Balaban J connectivity index is 2.25. The molecule has 0 aliphatic heterocycles. The van der Waals surface area contributed by atoms with Crippen LogP contribution in [-0.2, 0) is 6.18 Å². The van der Waals surface area contributed by atoms with Crippen LogP contribution in [0, 0.1) is 0 Å². The second-order valence-electron chi connectivity index (χ2n) is 3.96. The Hall–Kier alpha value is -2.24. The number of rotatable bonds is 1. The molecule has 2 N–H and O–H groups in total. The van der Waals surface area contributed by atoms with E-state index in [-0.39, 0.29) is 5.95 Å². The third kappa shape index (κ3) is 1.49. The number of anilines is 1. The summed E-state index contributed by atoms with van der Waals surface area (Å²) in [4.78, 5) is 4.04. The van der Waals surface area contributed by atoms with Crippen molar-refractivity contribution in [3.63, 3.8) is 0 Å². The van der Waals surface area contributed by atoms with Gasteiger partial charge in [0.05, 0.1) is 16.6 Å². The number of alkyl halides is 3. The molecule has 3 nitrogen and oxygen atoms in total. The average Bonchev–Trinajstić information content (AvgIpc) is 2.51. The van der Waals surface area contributed by atoms with Crippen LogP contribution in [0.5, 0.6) is 0 Å². The van der Waals surface area contributed by atoms with Crippen LogP contribution in [0.3, 0.4) is 0 Å². The summed E-state index contributed by atoms with van der Waals surface area (Å²) in [6.45, 7) is 0. The van der Waals surface area contributed by atoms with Crippen LogP contribution >= 0.6 is 0 Å². The number of hydrogen-bond donors (Lipinski definition) is 1. The zero-order valence-corrected chi connectivity index (χ0v) is 9.07. The second-order valence-corrected chi connectivity index (χ2v) is 3.96. The first-order chi connectivity index (χ1) is 8.47. The lowest BCUT2D eigenvalue weighted by Crippen LogP contribution is -2.06. The van der Waals surface area contributed by atoms with Gasteiger partial charge in [-0.1, -0.05) is 6.08 Å². The van der Waals surface area contributed by atoms with Gasteiger partial charge in [0.25, 0.3) is 0 Å². The third-order valence-corrected chi connectivity index (χ3v) is 2.80. The molecule has 0 unspecified atom stereocenters. The molecule has 3 rings (SSSR count). The molecule has 1 aliphatic rings. The Morgan fingerprint density at radius 2 is 1.94 bits per heavy atom. The fourth-order valence-electron chi connectivity index (χ4n) is 1.87. The van der Waals surface area contributed by atoms with Crippen molar-refractivity contribution in [2.24, 2.45) is 0 Å². The van der Waals surface area contributed by atoms with Gasteiger partial charge in [0.2, 0.25) is 5.95 Å². The van der Waals surface area contributed by atoms with Crippen LogP contribution in [0.4, 0.5) is 19.1 Å². The molecule has 2 aromatic rings. The minimum Gasteiger partial charge on any atom is -0.369 e. The zero-order chi connectivity index (χ0) is 12.9. The van der Waals surface area contributed by atoms with Crippen molar-refractivity contribution in [2.45, 2.75) is 6.18 Å². The monoisotopic (exact) mass is 251 g/mol. The Bertz CT molecular complexity index is 692. The number of benzene rings is 1. The van der Waals surface area contributed by atoms with Gasteiger partial charge in [0.15, 0.2) is 0 Å². The standard InChI is InChI=1S/C12H8F3N3/c13-12(14,15)7-4-5-9-10(6-7)18(11(16)17-9)8-2-1-3-8/h1-6H,(H2,16,17). The molecular formula is C12H8F3N3. The number of aromatic nitrogens is 2. The van der Waals surface area contributed by atoms with E-state index in [1.165, 1.54) is 10.6 Å². The van der Waals surface area contributed by atoms with Crippen molar-refractivity contribution in [3.8, 4) is 0 Å². The topological polar surface area (TPSA) is 43.8 Å². The number of halogens is 3. The lowest BCUT2D eigenvalue weighted by Gasteiger charge is -2.12. The second kappa shape index (κ2) is 3.38.